The molecule has 1 fully saturated rings. The zero-order valence-corrected chi connectivity index (χ0v) is 15.2. The minimum Gasteiger partial charge on any atom is -0.351 e. The van der Waals surface area contributed by atoms with Gasteiger partial charge < -0.3 is 14.7 Å². The lowest BCUT2D eigenvalue weighted by atomic mass is 10.0. The molecule has 1 aromatic heterocycles. The van der Waals surface area contributed by atoms with Crippen LogP contribution in [0.5, 0.6) is 0 Å². The summed E-state index contributed by atoms with van der Waals surface area (Å²) in [5.41, 5.74) is 1.81. The zero-order valence-electron chi connectivity index (χ0n) is 13.7. The molecule has 3 rings (SSSR count). The Morgan fingerprint density at radius 3 is 2.88 bits per heavy atom. The van der Waals surface area contributed by atoms with Crippen LogP contribution >= 0.6 is 24.0 Å². The first-order chi connectivity index (χ1) is 11.1. The Morgan fingerprint density at radius 2 is 2.21 bits per heavy atom. The molecule has 2 heterocycles. The molecule has 1 amide bonds. The lowest BCUT2D eigenvalue weighted by molar-refractivity contribution is 0.0592. The number of carbonyl (C=O) groups excluding carboxylic acids is 1. The van der Waals surface area contributed by atoms with Crippen LogP contribution in [0.4, 0.5) is 0 Å². The minimum atomic E-state index is -0.129. The van der Waals surface area contributed by atoms with E-state index in [0.717, 1.165) is 17.8 Å². The molecular weight excluding hydrogens is 349 g/mol. The van der Waals surface area contributed by atoms with Crippen molar-refractivity contribution >= 4 is 29.9 Å². The van der Waals surface area contributed by atoms with E-state index >= 15 is 0 Å². The Kier molecular flexibility index (Phi) is 6.27. The molecule has 2 aromatic rings. The van der Waals surface area contributed by atoms with Gasteiger partial charge >= 0.3 is 0 Å². The van der Waals surface area contributed by atoms with Crippen LogP contribution < -0.4 is 5.32 Å². The lowest BCUT2D eigenvalue weighted by Gasteiger charge is -2.36. The monoisotopic (exact) mass is 369 g/mol. The molecule has 1 aliphatic heterocycles. The third kappa shape index (κ3) is 3.91. The van der Waals surface area contributed by atoms with E-state index in [1.165, 1.54) is 0 Å². The van der Waals surface area contributed by atoms with Crippen LogP contribution in [0.25, 0.3) is 0 Å². The number of benzene rings is 1. The summed E-state index contributed by atoms with van der Waals surface area (Å²) in [6.45, 7) is 6.11. The van der Waals surface area contributed by atoms with Gasteiger partial charge in [0.15, 0.2) is 0 Å². The van der Waals surface area contributed by atoms with Gasteiger partial charge in [-0.2, -0.15) is 0 Å². The van der Waals surface area contributed by atoms with Gasteiger partial charge in [-0.05, 0) is 23.6 Å². The average molecular weight is 370 g/mol. The highest BCUT2D eigenvalue weighted by Gasteiger charge is 2.31. The van der Waals surface area contributed by atoms with Gasteiger partial charge in [0.2, 0.25) is 5.76 Å². The number of hydrogen-bond acceptors (Lipinski definition) is 4. The van der Waals surface area contributed by atoms with Crippen LogP contribution in [-0.4, -0.2) is 35.6 Å². The second-order valence-corrected chi connectivity index (χ2v) is 6.48. The van der Waals surface area contributed by atoms with E-state index in [9.17, 15) is 4.79 Å². The quantitative estimate of drug-likeness (QED) is 0.896. The van der Waals surface area contributed by atoms with Crippen LogP contribution in [-0.2, 0) is 0 Å². The van der Waals surface area contributed by atoms with Gasteiger partial charge in [-0.25, -0.2) is 0 Å². The highest BCUT2D eigenvalue weighted by molar-refractivity contribution is 6.30. The molecule has 0 aliphatic carbocycles. The molecule has 130 valence electrons. The van der Waals surface area contributed by atoms with E-state index in [1.807, 2.05) is 43.0 Å². The molecule has 1 atom stereocenters. The topological polar surface area (TPSA) is 58.4 Å². The second-order valence-electron chi connectivity index (χ2n) is 6.04. The van der Waals surface area contributed by atoms with Gasteiger partial charge in [-0.3, -0.25) is 4.79 Å². The fourth-order valence-electron chi connectivity index (χ4n) is 2.76. The third-order valence-corrected chi connectivity index (χ3v) is 4.30. The molecule has 1 saturated heterocycles. The first kappa shape index (κ1) is 18.8. The minimum absolute atomic E-state index is 0. The molecule has 1 unspecified atom stereocenters. The largest absolute Gasteiger partial charge is 0.351 e. The molecule has 0 radical (unpaired) electrons. The van der Waals surface area contributed by atoms with E-state index in [4.69, 9.17) is 16.1 Å². The molecule has 0 bridgehead atoms. The molecule has 0 saturated carbocycles. The highest BCUT2D eigenvalue weighted by atomic mass is 35.5. The summed E-state index contributed by atoms with van der Waals surface area (Å²) < 4.78 is 5.26. The van der Waals surface area contributed by atoms with Gasteiger partial charge in [-0.15, -0.1) is 12.4 Å². The first-order valence-corrected chi connectivity index (χ1v) is 8.18. The summed E-state index contributed by atoms with van der Waals surface area (Å²) in [7, 11) is 0. The number of hydrogen-bond donors (Lipinski definition) is 1. The molecular formula is C17H21Cl2N3O2. The maximum atomic E-state index is 12.8. The summed E-state index contributed by atoms with van der Waals surface area (Å²) in [5, 5.41) is 7.98. The van der Waals surface area contributed by atoms with Gasteiger partial charge in [0, 0.05) is 30.7 Å². The number of nitrogens with zero attached hydrogens (tertiary/aromatic N) is 2. The van der Waals surface area contributed by atoms with Gasteiger partial charge in [-0.1, -0.05) is 42.7 Å². The van der Waals surface area contributed by atoms with Crippen LogP contribution in [0.3, 0.4) is 0 Å². The number of amides is 1. The van der Waals surface area contributed by atoms with Crippen LogP contribution in [0, 0.1) is 0 Å². The molecule has 0 spiro atoms. The van der Waals surface area contributed by atoms with Crippen molar-refractivity contribution in [3.05, 3.63) is 52.4 Å². The Bertz CT molecular complexity index is 703. The first-order valence-electron chi connectivity index (χ1n) is 7.80. The second kappa shape index (κ2) is 8.01. The van der Waals surface area contributed by atoms with Crippen molar-refractivity contribution in [1.29, 1.82) is 0 Å². The Balaban J connectivity index is 0.00000208. The van der Waals surface area contributed by atoms with Crippen molar-refractivity contribution in [1.82, 2.24) is 15.4 Å². The van der Waals surface area contributed by atoms with E-state index < -0.39 is 0 Å². The van der Waals surface area contributed by atoms with Gasteiger partial charge in [0.25, 0.3) is 5.91 Å². The highest BCUT2D eigenvalue weighted by Crippen LogP contribution is 2.27. The van der Waals surface area contributed by atoms with Gasteiger partial charge in [0.1, 0.15) is 0 Å². The SMILES string of the molecule is CC(C)c1cc(C(=O)N2CCNCC2c2cccc(Cl)c2)on1.Cl. The summed E-state index contributed by atoms with van der Waals surface area (Å²) in [6, 6.07) is 9.30. The number of piperazine rings is 1. The van der Waals surface area contributed by atoms with Crippen LogP contribution in [0.15, 0.2) is 34.9 Å². The fourth-order valence-corrected chi connectivity index (χ4v) is 2.96. The zero-order chi connectivity index (χ0) is 16.4. The maximum Gasteiger partial charge on any atom is 0.293 e. The Morgan fingerprint density at radius 1 is 1.42 bits per heavy atom. The van der Waals surface area contributed by atoms with Crippen molar-refractivity contribution in [2.45, 2.75) is 25.8 Å². The number of aromatic nitrogens is 1. The maximum absolute atomic E-state index is 12.8. The number of rotatable bonds is 3. The summed E-state index contributed by atoms with van der Waals surface area (Å²) in [6.07, 6.45) is 0. The average Bonchev–Trinajstić information content (AvgIpc) is 3.04. The number of nitrogens with one attached hydrogen (secondary N) is 1. The smallest absolute Gasteiger partial charge is 0.293 e. The summed E-state index contributed by atoms with van der Waals surface area (Å²) in [5.74, 6) is 0.394. The van der Waals surface area contributed by atoms with Crippen molar-refractivity contribution in [2.24, 2.45) is 0 Å². The standard InChI is InChI=1S/C17H20ClN3O2.ClH/c1-11(2)14-9-16(23-20-14)17(22)21-7-6-19-10-15(21)12-4-3-5-13(18)8-12;/h3-5,8-9,11,15,19H,6-7,10H2,1-2H3;1H. The predicted octanol–water partition coefficient (Wildman–Crippen LogP) is 3.66. The molecule has 5 nitrogen and oxygen atoms in total. The molecule has 24 heavy (non-hydrogen) atoms. The summed E-state index contributed by atoms with van der Waals surface area (Å²) in [4.78, 5) is 14.7. The van der Waals surface area contributed by atoms with E-state index in [-0.39, 0.29) is 30.3 Å². The molecule has 1 aromatic carbocycles. The molecule has 1 N–H and O–H groups in total. The molecule has 7 heteroatoms. The fraction of sp³-hybridized carbons (Fsp3) is 0.412. The third-order valence-electron chi connectivity index (χ3n) is 4.07. The van der Waals surface area contributed by atoms with E-state index in [2.05, 4.69) is 10.5 Å². The number of halogens is 2. The number of carbonyl (C=O) groups is 1. The lowest BCUT2D eigenvalue weighted by Crippen LogP contribution is -2.48. The van der Waals surface area contributed by atoms with Crippen LogP contribution in [0.1, 0.15) is 47.6 Å². The van der Waals surface area contributed by atoms with Crippen LogP contribution in [0.2, 0.25) is 5.02 Å². The Labute approximate surface area is 152 Å². The van der Waals surface area contributed by atoms with Gasteiger partial charge in [0.05, 0.1) is 11.7 Å². The van der Waals surface area contributed by atoms with E-state index in [1.54, 1.807) is 6.07 Å². The van der Waals surface area contributed by atoms with Crippen molar-refractivity contribution in [3.8, 4) is 0 Å². The summed E-state index contributed by atoms with van der Waals surface area (Å²) >= 11 is 6.09. The van der Waals surface area contributed by atoms with Crippen molar-refractivity contribution in [2.75, 3.05) is 19.6 Å². The molecule has 1 aliphatic rings. The van der Waals surface area contributed by atoms with E-state index in [0.29, 0.717) is 23.9 Å². The normalized spacial score (nSPS) is 17.7. The van der Waals surface area contributed by atoms with Crippen molar-refractivity contribution in [3.63, 3.8) is 0 Å². The Hall–Kier alpha value is -1.56. The predicted molar refractivity (Wildman–Crippen MR) is 95.9 cm³/mol. The van der Waals surface area contributed by atoms with Crippen molar-refractivity contribution < 1.29 is 9.32 Å².